The number of nitrogen functional groups attached to an aromatic ring is 1. The van der Waals surface area contributed by atoms with Crippen molar-refractivity contribution in [2.24, 2.45) is 0 Å². The average molecular weight is 185 g/mol. The van der Waals surface area contributed by atoms with Crippen LogP contribution in [0, 0.1) is 11.6 Å². The molecule has 0 unspecified atom stereocenters. The number of hydrogen-bond acceptors (Lipinski definition) is 2. The molecule has 0 atom stereocenters. The molecule has 0 radical (unpaired) electrons. The summed E-state index contributed by atoms with van der Waals surface area (Å²) >= 11 is 0. The summed E-state index contributed by atoms with van der Waals surface area (Å²) in [5.74, 6) is -2.09. The fraction of sp³-hybridized carbons (Fsp3) is 0.222. The summed E-state index contributed by atoms with van der Waals surface area (Å²) in [6, 6.07) is 1.90. The average Bonchev–Trinajstić information content (AvgIpc) is 2.12. The molecule has 0 amide bonds. The van der Waals surface area contributed by atoms with Gasteiger partial charge in [0.25, 0.3) is 0 Å². The van der Waals surface area contributed by atoms with Gasteiger partial charge in [0.2, 0.25) is 0 Å². The molecule has 1 aromatic carbocycles. The van der Waals surface area contributed by atoms with Crippen LogP contribution in [-0.4, -0.2) is 5.78 Å². The van der Waals surface area contributed by atoms with E-state index in [2.05, 4.69) is 0 Å². The SMILES string of the molecule is CCC(=O)c1cc(F)c(N)c(F)c1. The minimum atomic E-state index is -0.892. The number of benzene rings is 1. The highest BCUT2D eigenvalue weighted by Gasteiger charge is 2.11. The Balaban J connectivity index is 3.20. The van der Waals surface area contributed by atoms with Crippen LogP contribution in [0.15, 0.2) is 12.1 Å². The van der Waals surface area contributed by atoms with Crippen molar-refractivity contribution in [1.29, 1.82) is 0 Å². The van der Waals surface area contributed by atoms with Gasteiger partial charge in [-0.1, -0.05) is 6.92 Å². The number of halogens is 2. The van der Waals surface area contributed by atoms with Gasteiger partial charge in [-0.25, -0.2) is 8.78 Å². The highest BCUT2D eigenvalue weighted by Crippen LogP contribution is 2.17. The minimum absolute atomic E-state index is 0.0201. The van der Waals surface area contributed by atoms with Gasteiger partial charge in [-0.3, -0.25) is 4.79 Å². The van der Waals surface area contributed by atoms with Crippen molar-refractivity contribution >= 4 is 11.5 Å². The van der Waals surface area contributed by atoms with Gasteiger partial charge in [0.15, 0.2) is 5.78 Å². The van der Waals surface area contributed by atoms with E-state index in [1.165, 1.54) is 0 Å². The monoisotopic (exact) mass is 185 g/mol. The van der Waals surface area contributed by atoms with Gasteiger partial charge in [-0.15, -0.1) is 0 Å². The van der Waals surface area contributed by atoms with E-state index in [9.17, 15) is 13.6 Å². The smallest absolute Gasteiger partial charge is 0.162 e. The van der Waals surface area contributed by atoms with E-state index in [4.69, 9.17) is 5.73 Å². The number of carbonyl (C=O) groups is 1. The number of anilines is 1. The van der Waals surface area contributed by atoms with Crippen molar-refractivity contribution in [3.8, 4) is 0 Å². The van der Waals surface area contributed by atoms with Gasteiger partial charge in [0.1, 0.15) is 17.3 Å². The van der Waals surface area contributed by atoms with Crippen molar-refractivity contribution < 1.29 is 13.6 Å². The predicted molar refractivity (Wildman–Crippen MR) is 45.4 cm³/mol. The number of nitrogens with two attached hydrogens (primary N) is 1. The molecule has 0 spiro atoms. The quantitative estimate of drug-likeness (QED) is 0.566. The lowest BCUT2D eigenvalue weighted by molar-refractivity contribution is 0.0987. The van der Waals surface area contributed by atoms with Crippen LogP contribution < -0.4 is 5.73 Å². The summed E-state index contributed by atoms with van der Waals surface area (Å²) in [7, 11) is 0. The van der Waals surface area contributed by atoms with Crippen LogP contribution in [0.25, 0.3) is 0 Å². The Labute approximate surface area is 74.4 Å². The minimum Gasteiger partial charge on any atom is -0.394 e. The van der Waals surface area contributed by atoms with E-state index in [1.54, 1.807) is 6.92 Å². The lowest BCUT2D eigenvalue weighted by atomic mass is 10.1. The first-order valence-corrected chi connectivity index (χ1v) is 3.84. The Morgan fingerprint density at radius 1 is 1.38 bits per heavy atom. The molecule has 0 heterocycles. The first-order valence-electron chi connectivity index (χ1n) is 3.84. The number of hydrogen-bond donors (Lipinski definition) is 1. The molecule has 1 rings (SSSR count). The topological polar surface area (TPSA) is 43.1 Å². The van der Waals surface area contributed by atoms with E-state index < -0.39 is 17.3 Å². The van der Waals surface area contributed by atoms with E-state index in [0.29, 0.717) is 0 Å². The summed E-state index contributed by atoms with van der Waals surface area (Å²) in [6.07, 6.45) is 0.211. The van der Waals surface area contributed by atoms with Gasteiger partial charge in [0.05, 0.1) is 0 Å². The number of carbonyl (C=O) groups excluding carboxylic acids is 1. The van der Waals surface area contributed by atoms with Crippen LogP contribution >= 0.6 is 0 Å². The van der Waals surface area contributed by atoms with Gasteiger partial charge in [-0.2, -0.15) is 0 Å². The van der Waals surface area contributed by atoms with Crippen molar-refractivity contribution in [3.63, 3.8) is 0 Å². The molecule has 2 nitrogen and oxygen atoms in total. The Morgan fingerprint density at radius 3 is 2.23 bits per heavy atom. The molecule has 0 bridgehead atoms. The Morgan fingerprint density at radius 2 is 1.85 bits per heavy atom. The lowest BCUT2D eigenvalue weighted by Gasteiger charge is -2.02. The van der Waals surface area contributed by atoms with Crippen molar-refractivity contribution in [2.75, 3.05) is 5.73 Å². The highest BCUT2D eigenvalue weighted by atomic mass is 19.1. The first kappa shape index (κ1) is 9.64. The molecule has 0 saturated carbocycles. The normalized spacial score (nSPS) is 10.1. The van der Waals surface area contributed by atoms with Gasteiger partial charge in [0, 0.05) is 12.0 Å². The molecule has 0 aliphatic rings. The molecule has 1 aromatic rings. The standard InChI is InChI=1S/C9H9F2NO/c1-2-8(13)5-3-6(10)9(12)7(11)4-5/h3-4H,2,12H2,1H3. The molecule has 13 heavy (non-hydrogen) atoms. The zero-order chi connectivity index (χ0) is 10.0. The second kappa shape index (κ2) is 3.51. The number of rotatable bonds is 2. The maximum absolute atomic E-state index is 12.8. The second-order valence-electron chi connectivity index (χ2n) is 2.63. The number of Topliss-reactive ketones (excluding diaryl/α,β-unsaturated/α-hetero) is 1. The fourth-order valence-corrected chi connectivity index (χ4v) is 0.949. The zero-order valence-corrected chi connectivity index (χ0v) is 7.10. The van der Waals surface area contributed by atoms with Crippen LogP contribution in [0.2, 0.25) is 0 Å². The Hall–Kier alpha value is -1.45. The lowest BCUT2D eigenvalue weighted by Crippen LogP contribution is -2.02. The molecule has 2 N–H and O–H groups in total. The largest absolute Gasteiger partial charge is 0.394 e. The molecular weight excluding hydrogens is 176 g/mol. The van der Waals surface area contributed by atoms with Gasteiger partial charge < -0.3 is 5.73 Å². The summed E-state index contributed by atoms with van der Waals surface area (Å²) < 4.78 is 25.6. The van der Waals surface area contributed by atoms with Crippen molar-refractivity contribution in [3.05, 3.63) is 29.3 Å². The van der Waals surface area contributed by atoms with Crippen LogP contribution in [0.3, 0.4) is 0 Å². The Kier molecular flexibility index (Phi) is 2.60. The van der Waals surface area contributed by atoms with Crippen LogP contribution in [-0.2, 0) is 0 Å². The van der Waals surface area contributed by atoms with Crippen LogP contribution in [0.4, 0.5) is 14.5 Å². The first-order chi connectivity index (χ1) is 6.06. The molecule has 0 saturated heterocycles. The maximum atomic E-state index is 12.8. The maximum Gasteiger partial charge on any atom is 0.162 e. The third-order valence-electron chi connectivity index (χ3n) is 1.72. The summed E-state index contributed by atoms with van der Waals surface area (Å²) in [5, 5.41) is 0. The van der Waals surface area contributed by atoms with Crippen LogP contribution in [0.1, 0.15) is 23.7 Å². The third-order valence-corrected chi connectivity index (χ3v) is 1.72. The Bertz CT molecular complexity index is 326. The van der Waals surface area contributed by atoms with Crippen LogP contribution in [0.5, 0.6) is 0 Å². The third kappa shape index (κ3) is 1.83. The predicted octanol–water partition coefficient (Wildman–Crippen LogP) is 2.14. The van der Waals surface area contributed by atoms with E-state index in [1.807, 2.05) is 0 Å². The molecule has 0 aliphatic carbocycles. The second-order valence-corrected chi connectivity index (χ2v) is 2.63. The molecule has 0 fully saturated rings. The van der Waals surface area contributed by atoms with Gasteiger partial charge in [-0.05, 0) is 12.1 Å². The number of ketones is 1. The van der Waals surface area contributed by atoms with E-state index >= 15 is 0 Å². The summed E-state index contributed by atoms with van der Waals surface area (Å²) in [5.41, 5.74) is 4.50. The summed E-state index contributed by atoms with van der Waals surface area (Å²) in [6.45, 7) is 1.62. The molecular formula is C9H9F2NO. The van der Waals surface area contributed by atoms with Crippen molar-refractivity contribution in [2.45, 2.75) is 13.3 Å². The highest BCUT2D eigenvalue weighted by molar-refractivity contribution is 5.96. The fourth-order valence-electron chi connectivity index (χ4n) is 0.949. The van der Waals surface area contributed by atoms with E-state index in [0.717, 1.165) is 12.1 Å². The van der Waals surface area contributed by atoms with Crippen molar-refractivity contribution in [1.82, 2.24) is 0 Å². The molecule has 4 heteroatoms. The summed E-state index contributed by atoms with van der Waals surface area (Å²) in [4.78, 5) is 11.1. The molecule has 0 aliphatic heterocycles. The van der Waals surface area contributed by atoms with Gasteiger partial charge >= 0.3 is 0 Å². The molecule has 70 valence electrons. The zero-order valence-electron chi connectivity index (χ0n) is 7.10. The molecule has 0 aromatic heterocycles. The van der Waals surface area contributed by atoms with E-state index in [-0.39, 0.29) is 17.8 Å².